The van der Waals surface area contributed by atoms with Crippen molar-refractivity contribution in [2.75, 3.05) is 11.9 Å². The molecular formula is C12H18ClN3O. The van der Waals surface area contributed by atoms with Crippen LogP contribution in [0.2, 0.25) is 5.02 Å². The van der Waals surface area contributed by atoms with E-state index < -0.39 is 0 Å². The molecular weight excluding hydrogens is 238 g/mol. The molecule has 0 aromatic carbocycles. The lowest BCUT2D eigenvalue weighted by Crippen LogP contribution is -2.45. The van der Waals surface area contributed by atoms with Crippen molar-refractivity contribution in [3.63, 3.8) is 0 Å². The number of anilines is 1. The van der Waals surface area contributed by atoms with Gasteiger partial charge in [-0.05, 0) is 31.6 Å². The molecule has 1 aromatic rings. The van der Waals surface area contributed by atoms with Crippen LogP contribution in [0.25, 0.3) is 0 Å². The molecule has 0 aliphatic heterocycles. The summed E-state index contributed by atoms with van der Waals surface area (Å²) in [7, 11) is 0. The molecule has 0 atom stereocenters. The van der Waals surface area contributed by atoms with Crippen molar-refractivity contribution < 1.29 is 5.11 Å². The Bertz CT molecular complexity index is 361. The van der Waals surface area contributed by atoms with E-state index in [1.54, 1.807) is 12.4 Å². The second kappa shape index (κ2) is 5.19. The number of hydrogen-bond acceptors (Lipinski definition) is 4. The molecule has 0 saturated heterocycles. The Balaban J connectivity index is 2.06. The fourth-order valence-corrected chi connectivity index (χ4v) is 2.35. The van der Waals surface area contributed by atoms with Crippen LogP contribution in [0.4, 0.5) is 5.95 Å². The van der Waals surface area contributed by atoms with E-state index >= 15 is 0 Å². The van der Waals surface area contributed by atoms with Gasteiger partial charge in [-0.1, -0.05) is 18.5 Å². The Labute approximate surface area is 106 Å². The zero-order chi connectivity index (χ0) is 12.3. The van der Waals surface area contributed by atoms with Crippen molar-refractivity contribution in [2.45, 2.75) is 38.1 Å². The van der Waals surface area contributed by atoms with E-state index in [0.717, 1.165) is 31.6 Å². The second-order valence-corrected chi connectivity index (χ2v) is 5.41. The standard InChI is InChI=1S/C12H18ClN3O/c1-9-2-4-12(8-17,5-3-9)16-11-14-6-10(13)7-15-11/h6-7,9,17H,2-5,8H2,1H3,(H,14,15,16). The van der Waals surface area contributed by atoms with Crippen molar-refractivity contribution in [3.8, 4) is 0 Å². The maximum absolute atomic E-state index is 9.60. The fourth-order valence-electron chi connectivity index (χ4n) is 2.25. The number of nitrogens with one attached hydrogen (secondary N) is 1. The van der Waals surface area contributed by atoms with Crippen LogP contribution in [0.3, 0.4) is 0 Å². The van der Waals surface area contributed by atoms with Gasteiger partial charge in [-0.3, -0.25) is 0 Å². The summed E-state index contributed by atoms with van der Waals surface area (Å²) in [5.74, 6) is 1.28. The van der Waals surface area contributed by atoms with Crippen LogP contribution < -0.4 is 5.32 Å². The normalized spacial score (nSPS) is 29.0. The van der Waals surface area contributed by atoms with E-state index in [2.05, 4.69) is 22.2 Å². The topological polar surface area (TPSA) is 58.0 Å². The highest BCUT2D eigenvalue weighted by atomic mass is 35.5. The van der Waals surface area contributed by atoms with Crippen LogP contribution in [-0.4, -0.2) is 27.2 Å². The predicted octanol–water partition coefficient (Wildman–Crippen LogP) is 2.48. The molecule has 94 valence electrons. The molecule has 0 amide bonds. The van der Waals surface area contributed by atoms with Gasteiger partial charge in [-0.2, -0.15) is 0 Å². The minimum atomic E-state index is -0.264. The molecule has 1 fully saturated rings. The highest BCUT2D eigenvalue weighted by Crippen LogP contribution is 2.33. The number of halogens is 1. The van der Waals surface area contributed by atoms with Crippen molar-refractivity contribution in [2.24, 2.45) is 5.92 Å². The second-order valence-electron chi connectivity index (χ2n) is 4.97. The molecule has 1 heterocycles. The molecule has 0 bridgehead atoms. The molecule has 1 aromatic heterocycles. The average Bonchev–Trinajstić information content (AvgIpc) is 2.35. The first kappa shape index (κ1) is 12.6. The Morgan fingerprint density at radius 3 is 2.53 bits per heavy atom. The van der Waals surface area contributed by atoms with E-state index in [9.17, 15) is 5.11 Å². The first-order chi connectivity index (χ1) is 8.13. The molecule has 2 N–H and O–H groups in total. The average molecular weight is 256 g/mol. The van der Waals surface area contributed by atoms with Crippen LogP contribution >= 0.6 is 11.6 Å². The number of aliphatic hydroxyl groups is 1. The van der Waals surface area contributed by atoms with Crippen LogP contribution in [0.5, 0.6) is 0 Å². The molecule has 1 aliphatic rings. The molecule has 4 nitrogen and oxygen atoms in total. The maximum Gasteiger partial charge on any atom is 0.223 e. The van der Waals surface area contributed by atoms with Crippen LogP contribution in [-0.2, 0) is 0 Å². The third kappa shape index (κ3) is 3.07. The number of rotatable bonds is 3. The smallest absolute Gasteiger partial charge is 0.223 e. The van der Waals surface area contributed by atoms with E-state index in [0.29, 0.717) is 11.0 Å². The first-order valence-corrected chi connectivity index (χ1v) is 6.38. The van der Waals surface area contributed by atoms with Gasteiger partial charge in [0, 0.05) is 0 Å². The van der Waals surface area contributed by atoms with Crippen LogP contribution in [0.1, 0.15) is 32.6 Å². The zero-order valence-electron chi connectivity index (χ0n) is 9.99. The molecule has 5 heteroatoms. The van der Waals surface area contributed by atoms with Gasteiger partial charge >= 0.3 is 0 Å². The Hall–Kier alpha value is -0.870. The molecule has 1 saturated carbocycles. The van der Waals surface area contributed by atoms with E-state index in [1.165, 1.54) is 0 Å². The predicted molar refractivity (Wildman–Crippen MR) is 68.1 cm³/mol. The monoisotopic (exact) mass is 255 g/mol. The summed E-state index contributed by atoms with van der Waals surface area (Å²) in [5, 5.41) is 13.4. The van der Waals surface area contributed by atoms with Crippen molar-refractivity contribution in [1.82, 2.24) is 9.97 Å². The summed E-state index contributed by atoms with van der Waals surface area (Å²) in [4.78, 5) is 8.24. The van der Waals surface area contributed by atoms with Crippen LogP contribution in [0, 0.1) is 5.92 Å². The summed E-state index contributed by atoms with van der Waals surface area (Å²) >= 11 is 5.74. The molecule has 1 aliphatic carbocycles. The van der Waals surface area contributed by atoms with Gasteiger partial charge in [-0.25, -0.2) is 9.97 Å². The third-order valence-electron chi connectivity index (χ3n) is 3.53. The van der Waals surface area contributed by atoms with Gasteiger partial charge < -0.3 is 10.4 Å². The van der Waals surface area contributed by atoms with Gasteiger partial charge in [-0.15, -0.1) is 0 Å². The number of aliphatic hydroxyl groups excluding tert-OH is 1. The lowest BCUT2D eigenvalue weighted by molar-refractivity contribution is 0.154. The summed E-state index contributed by atoms with van der Waals surface area (Å²) in [6.45, 7) is 2.37. The Morgan fingerprint density at radius 1 is 1.41 bits per heavy atom. The summed E-state index contributed by atoms with van der Waals surface area (Å²) in [6, 6.07) is 0. The minimum absolute atomic E-state index is 0.117. The fraction of sp³-hybridized carbons (Fsp3) is 0.667. The minimum Gasteiger partial charge on any atom is -0.394 e. The number of hydrogen-bond donors (Lipinski definition) is 2. The molecule has 2 rings (SSSR count). The van der Waals surface area contributed by atoms with Gasteiger partial charge in [0.05, 0.1) is 29.6 Å². The van der Waals surface area contributed by atoms with Gasteiger partial charge in [0.2, 0.25) is 5.95 Å². The van der Waals surface area contributed by atoms with E-state index in [-0.39, 0.29) is 12.1 Å². The summed E-state index contributed by atoms with van der Waals surface area (Å²) < 4.78 is 0. The van der Waals surface area contributed by atoms with E-state index in [4.69, 9.17) is 11.6 Å². The highest BCUT2D eigenvalue weighted by molar-refractivity contribution is 6.30. The van der Waals surface area contributed by atoms with Crippen LogP contribution in [0.15, 0.2) is 12.4 Å². The summed E-state index contributed by atoms with van der Waals surface area (Å²) in [6.07, 6.45) is 7.29. The van der Waals surface area contributed by atoms with Gasteiger partial charge in [0.1, 0.15) is 0 Å². The molecule has 0 unspecified atom stereocenters. The lowest BCUT2D eigenvalue weighted by atomic mass is 9.77. The van der Waals surface area contributed by atoms with E-state index in [1.807, 2.05) is 0 Å². The maximum atomic E-state index is 9.60. The van der Waals surface area contributed by atoms with Gasteiger partial charge in [0.25, 0.3) is 0 Å². The largest absolute Gasteiger partial charge is 0.394 e. The molecule has 17 heavy (non-hydrogen) atoms. The third-order valence-corrected chi connectivity index (χ3v) is 3.73. The first-order valence-electron chi connectivity index (χ1n) is 6.00. The summed E-state index contributed by atoms with van der Waals surface area (Å²) in [5.41, 5.74) is -0.264. The highest BCUT2D eigenvalue weighted by Gasteiger charge is 2.34. The number of aromatic nitrogens is 2. The SMILES string of the molecule is CC1CCC(CO)(Nc2ncc(Cl)cn2)CC1. The lowest BCUT2D eigenvalue weighted by Gasteiger charge is -2.38. The van der Waals surface area contributed by atoms with Gasteiger partial charge in [0.15, 0.2) is 0 Å². The Kier molecular flexibility index (Phi) is 3.84. The molecule has 0 radical (unpaired) electrons. The van der Waals surface area contributed by atoms with Crippen molar-refractivity contribution >= 4 is 17.5 Å². The van der Waals surface area contributed by atoms with Crippen molar-refractivity contribution in [3.05, 3.63) is 17.4 Å². The molecule has 0 spiro atoms. The zero-order valence-corrected chi connectivity index (χ0v) is 10.7. The quantitative estimate of drug-likeness (QED) is 0.871. The van der Waals surface area contributed by atoms with Crippen molar-refractivity contribution in [1.29, 1.82) is 0 Å². The number of nitrogens with zero attached hydrogens (tertiary/aromatic N) is 2. The Morgan fingerprint density at radius 2 is 2.00 bits per heavy atom.